The Balaban J connectivity index is 1.31. The minimum atomic E-state index is -2.89. The number of rotatable bonds is 10. The number of H-pyrrole nitrogens is 1. The van der Waals surface area contributed by atoms with Gasteiger partial charge >= 0.3 is 0 Å². The van der Waals surface area contributed by atoms with Crippen molar-refractivity contribution >= 4 is 27.5 Å². The highest BCUT2D eigenvalue weighted by Gasteiger charge is 2.28. The number of carbonyl (C=O) groups excluding carboxylic acids is 1. The Morgan fingerprint density at radius 2 is 2.13 bits per heavy atom. The lowest BCUT2D eigenvalue weighted by atomic mass is 10.1. The molecule has 1 aliphatic rings. The first kappa shape index (κ1) is 22.8. The van der Waals surface area contributed by atoms with E-state index >= 15 is 0 Å². The molecule has 6 nitrogen and oxygen atoms in total. The lowest BCUT2D eigenvalue weighted by molar-refractivity contribution is -0.127. The quantitative estimate of drug-likeness (QED) is 0.558. The van der Waals surface area contributed by atoms with Gasteiger partial charge in [0.1, 0.15) is 5.82 Å². The van der Waals surface area contributed by atoms with Gasteiger partial charge in [0.15, 0.2) is 9.84 Å². The molecule has 0 aliphatic carbocycles. The maximum atomic E-state index is 13.3. The van der Waals surface area contributed by atoms with Gasteiger partial charge in [-0.1, -0.05) is 18.6 Å². The van der Waals surface area contributed by atoms with Gasteiger partial charge in [-0.3, -0.25) is 9.89 Å². The van der Waals surface area contributed by atoms with Crippen LogP contribution in [0.3, 0.4) is 0 Å². The van der Waals surface area contributed by atoms with Gasteiger partial charge in [-0.05, 0) is 43.9 Å². The van der Waals surface area contributed by atoms with E-state index < -0.39 is 9.84 Å². The number of halogens is 1. The van der Waals surface area contributed by atoms with Crippen molar-refractivity contribution in [2.75, 3.05) is 30.9 Å². The predicted octanol–water partition coefficient (Wildman–Crippen LogP) is 3.31. The van der Waals surface area contributed by atoms with E-state index in [4.69, 9.17) is 0 Å². The maximum Gasteiger partial charge on any atom is 0.232 e. The van der Waals surface area contributed by atoms with Crippen molar-refractivity contribution in [3.63, 3.8) is 0 Å². The lowest BCUT2D eigenvalue weighted by Gasteiger charge is -2.17. The third-order valence-electron chi connectivity index (χ3n) is 5.25. The second-order valence-corrected chi connectivity index (χ2v) is 11.3. The molecule has 3 rings (SSSR count). The summed E-state index contributed by atoms with van der Waals surface area (Å²) in [6.07, 6.45) is 4.38. The first-order valence-electron chi connectivity index (χ1n) is 10.2. The second-order valence-electron chi connectivity index (χ2n) is 7.75. The van der Waals surface area contributed by atoms with Gasteiger partial charge in [-0.15, -0.1) is 11.8 Å². The molecule has 1 aromatic carbocycles. The summed E-state index contributed by atoms with van der Waals surface area (Å²) in [5.74, 6) is 0.561. The van der Waals surface area contributed by atoms with E-state index in [0.29, 0.717) is 18.7 Å². The fourth-order valence-corrected chi connectivity index (χ4v) is 7.03. The number of sulfone groups is 1. The van der Waals surface area contributed by atoms with Gasteiger partial charge in [-0.2, -0.15) is 5.10 Å². The molecule has 1 aliphatic heterocycles. The number of aromatic amines is 1. The SMILES string of the molecule is CN(CCCCCc1cc(-c2cccc(F)c2)n[nH]1)C(=O)CSC1CCS(=O)(=O)C1. The van der Waals surface area contributed by atoms with E-state index in [2.05, 4.69) is 10.2 Å². The molecule has 9 heteroatoms. The van der Waals surface area contributed by atoms with Crippen LogP contribution in [0.15, 0.2) is 30.3 Å². The summed E-state index contributed by atoms with van der Waals surface area (Å²) in [4.78, 5) is 14.0. The first-order chi connectivity index (χ1) is 14.3. The number of unbranched alkanes of at least 4 members (excludes halogenated alkanes) is 2. The van der Waals surface area contributed by atoms with Crippen LogP contribution in [0.2, 0.25) is 0 Å². The Hall–Kier alpha value is -1.87. The first-order valence-corrected chi connectivity index (χ1v) is 13.1. The Bertz CT molecular complexity index is 962. The molecular weight excluding hydrogens is 425 g/mol. The Labute approximate surface area is 181 Å². The molecule has 0 saturated carbocycles. The monoisotopic (exact) mass is 453 g/mol. The summed E-state index contributed by atoms with van der Waals surface area (Å²) in [7, 11) is -1.09. The van der Waals surface area contributed by atoms with Crippen LogP contribution in [-0.4, -0.2) is 65.5 Å². The Morgan fingerprint density at radius 1 is 1.30 bits per heavy atom. The highest BCUT2D eigenvalue weighted by molar-refractivity contribution is 8.02. The molecule has 164 valence electrons. The van der Waals surface area contributed by atoms with E-state index in [1.54, 1.807) is 18.0 Å². The number of aryl methyl sites for hydroxylation is 1. The number of thioether (sulfide) groups is 1. The van der Waals surface area contributed by atoms with Crippen LogP contribution < -0.4 is 0 Å². The molecule has 1 saturated heterocycles. The molecule has 1 unspecified atom stereocenters. The van der Waals surface area contributed by atoms with Crippen LogP contribution in [0.5, 0.6) is 0 Å². The standard InChI is InChI=1S/C21H28FN3O3S2/c1-25(21(26)14-29-19-9-11-30(27,28)15-19)10-4-2-3-8-18-13-20(24-23-18)16-6-5-7-17(22)12-16/h5-7,12-13,19H,2-4,8-11,14-15H2,1H3,(H,23,24). The normalized spacial score (nSPS) is 17.9. The summed E-state index contributed by atoms with van der Waals surface area (Å²) in [5.41, 5.74) is 2.51. The molecule has 1 fully saturated rings. The number of hydrogen-bond acceptors (Lipinski definition) is 5. The molecule has 1 atom stereocenters. The minimum absolute atomic E-state index is 0.0533. The van der Waals surface area contributed by atoms with Crippen LogP contribution in [0, 0.1) is 5.82 Å². The van der Waals surface area contributed by atoms with E-state index in [1.807, 2.05) is 12.1 Å². The molecule has 2 heterocycles. The average molecular weight is 454 g/mol. The van der Waals surface area contributed by atoms with Crippen LogP contribution in [-0.2, 0) is 21.1 Å². The summed E-state index contributed by atoms with van der Waals surface area (Å²) in [5, 5.41) is 7.32. The second kappa shape index (κ2) is 10.4. The van der Waals surface area contributed by atoms with Crippen LogP contribution in [0.1, 0.15) is 31.4 Å². The molecule has 30 heavy (non-hydrogen) atoms. The van der Waals surface area contributed by atoms with Gasteiger partial charge < -0.3 is 4.90 Å². The topological polar surface area (TPSA) is 83.1 Å². The average Bonchev–Trinajstić information content (AvgIpc) is 3.31. The molecule has 1 amide bonds. The number of carbonyl (C=O) groups is 1. The zero-order chi connectivity index (χ0) is 21.6. The number of hydrogen-bond donors (Lipinski definition) is 1. The van der Waals surface area contributed by atoms with Crippen molar-refractivity contribution in [1.29, 1.82) is 0 Å². The smallest absolute Gasteiger partial charge is 0.232 e. The van der Waals surface area contributed by atoms with Gasteiger partial charge in [-0.25, -0.2) is 12.8 Å². The minimum Gasteiger partial charge on any atom is -0.345 e. The maximum absolute atomic E-state index is 13.3. The van der Waals surface area contributed by atoms with Crippen molar-refractivity contribution in [1.82, 2.24) is 15.1 Å². The predicted molar refractivity (Wildman–Crippen MR) is 119 cm³/mol. The number of amides is 1. The van der Waals surface area contributed by atoms with E-state index in [9.17, 15) is 17.6 Å². The molecular formula is C21H28FN3O3S2. The van der Waals surface area contributed by atoms with Crippen LogP contribution in [0.4, 0.5) is 4.39 Å². The molecule has 0 radical (unpaired) electrons. The largest absolute Gasteiger partial charge is 0.345 e. The van der Waals surface area contributed by atoms with E-state index in [0.717, 1.165) is 42.6 Å². The van der Waals surface area contributed by atoms with Crippen molar-refractivity contribution in [3.8, 4) is 11.3 Å². The van der Waals surface area contributed by atoms with Gasteiger partial charge in [0.05, 0.1) is 23.0 Å². The molecule has 1 N–H and O–H groups in total. The fourth-order valence-electron chi connectivity index (χ4n) is 3.44. The van der Waals surface area contributed by atoms with Crippen LogP contribution >= 0.6 is 11.8 Å². The molecule has 0 spiro atoms. The zero-order valence-electron chi connectivity index (χ0n) is 17.1. The summed E-state index contributed by atoms with van der Waals surface area (Å²) < 4.78 is 36.3. The molecule has 0 bridgehead atoms. The highest BCUT2D eigenvalue weighted by atomic mass is 32.2. The number of nitrogens with one attached hydrogen (secondary N) is 1. The Kier molecular flexibility index (Phi) is 7.93. The van der Waals surface area contributed by atoms with E-state index in [-0.39, 0.29) is 28.5 Å². The number of benzene rings is 1. The van der Waals surface area contributed by atoms with Gasteiger partial charge in [0.2, 0.25) is 5.91 Å². The van der Waals surface area contributed by atoms with E-state index in [1.165, 1.54) is 23.9 Å². The zero-order valence-corrected chi connectivity index (χ0v) is 18.8. The third kappa shape index (κ3) is 6.84. The molecule has 2 aromatic rings. The highest BCUT2D eigenvalue weighted by Crippen LogP contribution is 2.24. The third-order valence-corrected chi connectivity index (χ3v) is 8.52. The van der Waals surface area contributed by atoms with Gasteiger partial charge in [0, 0.05) is 30.1 Å². The van der Waals surface area contributed by atoms with Crippen molar-refractivity contribution in [3.05, 3.63) is 41.8 Å². The van der Waals surface area contributed by atoms with Crippen LogP contribution in [0.25, 0.3) is 11.3 Å². The number of aromatic nitrogens is 2. The fraction of sp³-hybridized carbons (Fsp3) is 0.524. The Morgan fingerprint density at radius 3 is 2.87 bits per heavy atom. The summed E-state index contributed by atoms with van der Waals surface area (Å²) >= 11 is 1.46. The summed E-state index contributed by atoms with van der Waals surface area (Å²) in [6, 6.07) is 8.34. The number of nitrogens with zero attached hydrogens (tertiary/aromatic N) is 2. The summed E-state index contributed by atoms with van der Waals surface area (Å²) in [6.45, 7) is 0.694. The van der Waals surface area contributed by atoms with Crippen molar-refractivity contribution < 1.29 is 17.6 Å². The lowest BCUT2D eigenvalue weighted by Crippen LogP contribution is -2.30. The molecule has 1 aromatic heterocycles. The van der Waals surface area contributed by atoms with Gasteiger partial charge in [0.25, 0.3) is 0 Å². The van der Waals surface area contributed by atoms with Crippen molar-refractivity contribution in [2.45, 2.75) is 37.4 Å². The van der Waals surface area contributed by atoms with Crippen molar-refractivity contribution in [2.24, 2.45) is 0 Å².